The van der Waals surface area contributed by atoms with Crippen LogP contribution in [0.5, 0.6) is 5.75 Å². The van der Waals surface area contributed by atoms with Gasteiger partial charge in [-0.15, -0.1) is 0 Å². The van der Waals surface area contributed by atoms with Crippen LogP contribution in [0.3, 0.4) is 0 Å². The van der Waals surface area contributed by atoms with Gasteiger partial charge in [0.25, 0.3) is 0 Å². The summed E-state index contributed by atoms with van der Waals surface area (Å²) < 4.78 is 19.4. The molecular weight excluding hydrogens is 229 g/mol. The number of benzene rings is 2. The molecule has 0 bridgehead atoms. The van der Waals surface area contributed by atoms with Crippen molar-refractivity contribution in [1.82, 2.24) is 0 Å². The highest BCUT2D eigenvalue weighted by molar-refractivity contribution is 5.60. The summed E-state index contributed by atoms with van der Waals surface area (Å²) in [7, 11) is 0. The van der Waals surface area contributed by atoms with Gasteiger partial charge in [0, 0.05) is 5.56 Å². The summed E-state index contributed by atoms with van der Waals surface area (Å²) in [6.07, 6.45) is 0. The fraction of sp³-hybridized carbons (Fsp3) is 0.200. The van der Waals surface area contributed by atoms with E-state index in [0.717, 1.165) is 17.0 Å². The molecule has 1 atom stereocenters. The van der Waals surface area contributed by atoms with Gasteiger partial charge in [-0.1, -0.05) is 24.3 Å². The number of nitrogens with one attached hydrogen (secondary N) is 1. The molecule has 2 nitrogen and oxygen atoms in total. The van der Waals surface area contributed by atoms with Crippen LogP contribution < -0.4 is 10.1 Å². The van der Waals surface area contributed by atoms with Crippen LogP contribution in [0.25, 0.3) is 0 Å². The zero-order valence-electron chi connectivity index (χ0n) is 10.1. The van der Waals surface area contributed by atoms with Gasteiger partial charge in [0.1, 0.15) is 18.2 Å². The Labute approximate surface area is 105 Å². The summed E-state index contributed by atoms with van der Waals surface area (Å²) in [6, 6.07) is 12.6. The van der Waals surface area contributed by atoms with Gasteiger partial charge in [-0.3, -0.25) is 0 Å². The van der Waals surface area contributed by atoms with Crippen LogP contribution in [-0.4, -0.2) is 6.61 Å². The number of aryl methyl sites for hydroxylation is 1. The third-order valence-electron chi connectivity index (χ3n) is 3.15. The molecule has 3 rings (SSSR count). The summed E-state index contributed by atoms with van der Waals surface area (Å²) in [5.74, 6) is 0.628. The predicted molar refractivity (Wildman–Crippen MR) is 69.4 cm³/mol. The Hall–Kier alpha value is -2.03. The second kappa shape index (κ2) is 4.33. The van der Waals surface area contributed by atoms with Gasteiger partial charge in [-0.05, 0) is 30.7 Å². The maximum Gasteiger partial charge on any atom is 0.142 e. The van der Waals surface area contributed by atoms with E-state index in [-0.39, 0.29) is 11.9 Å². The van der Waals surface area contributed by atoms with Crippen LogP contribution in [0.1, 0.15) is 17.2 Å². The normalized spacial score (nSPS) is 17.6. The summed E-state index contributed by atoms with van der Waals surface area (Å²) >= 11 is 0. The first-order valence-electron chi connectivity index (χ1n) is 5.98. The Morgan fingerprint density at radius 1 is 1.22 bits per heavy atom. The number of hydrogen-bond acceptors (Lipinski definition) is 2. The van der Waals surface area contributed by atoms with Gasteiger partial charge < -0.3 is 10.1 Å². The molecule has 1 unspecified atom stereocenters. The fourth-order valence-electron chi connectivity index (χ4n) is 2.21. The molecule has 2 aromatic carbocycles. The minimum absolute atomic E-state index is 0.138. The summed E-state index contributed by atoms with van der Waals surface area (Å²) in [5, 5.41) is 3.33. The highest BCUT2D eigenvalue weighted by Crippen LogP contribution is 2.34. The van der Waals surface area contributed by atoms with E-state index in [2.05, 4.69) is 5.32 Å². The molecule has 0 fully saturated rings. The van der Waals surface area contributed by atoms with Crippen molar-refractivity contribution in [2.75, 3.05) is 11.9 Å². The lowest BCUT2D eigenvalue weighted by Gasteiger charge is -2.28. The highest BCUT2D eigenvalue weighted by atomic mass is 19.1. The van der Waals surface area contributed by atoms with Crippen LogP contribution >= 0.6 is 0 Å². The van der Waals surface area contributed by atoms with Gasteiger partial charge in [-0.2, -0.15) is 0 Å². The van der Waals surface area contributed by atoms with Crippen molar-refractivity contribution in [2.24, 2.45) is 0 Å². The monoisotopic (exact) mass is 243 g/mol. The molecular formula is C15H14FNO. The van der Waals surface area contributed by atoms with E-state index >= 15 is 0 Å². The van der Waals surface area contributed by atoms with E-state index in [1.807, 2.05) is 31.2 Å². The third kappa shape index (κ3) is 1.92. The lowest BCUT2D eigenvalue weighted by molar-refractivity contribution is 0.283. The van der Waals surface area contributed by atoms with Crippen molar-refractivity contribution in [2.45, 2.75) is 13.0 Å². The summed E-state index contributed by atoms with van der Waals surface area (Å²) in [6.45, 7) is 2.46. The molecule has 1 aliphatic rings. The van der Waals surface area contributed by atoms with Crippen LogP contribution in [0.15, 0.2) is 42.5 Å². The van der Waals surface area contributed by atoms with Gasteiger partial charge >= 0.3 is 0 Å². The number of fused-ring (bicyclic) bond motifs is 1. The van der Waals surface area contributed by atoms with E-state index in [9.17, 15) is 4.39 Å². The lowest BCUT2D eigenvalue weighted by Crippen LogP contribution is -2.24. The number of halogens is 1. The molecule has 0 aromatic heterocycles. The molecule has 0 aliphatic carbocycles. The third-order valence-corrected chi connectivity index (χ3v) is 3.15. The smallest absolute Gasteiger partial charge is 0.142 e. The van der Waals surface area contributed by atoms with Crippen LogP contribution in [0.4, 0.5) is 10.1 Å². The van der Waals surface area contributed by atoms with Crippen molar-refractivity contribution < 1.29 is 9.13 Å². The number of hydrogen-bond donors (Lipinski definition) is 1. The van der Waals surface area contributed by atoms with E-state index in [1.54, 1.807) is 12.1 Å². The number of ether oxygens (including phenoxy) is 1. The van der Waals surface area contributed by atoms with Gasteiger partial charge in [0.05, 0.1) is 11.7 Å². The number of anilines is 1. The van der Waals surface area contributed by atoms with Gasteiger partial charge in [0.2, 0.25) is 0 Å². The van der Waals surface area contributed by atoms with Crippen molar-refractivity contribution in [3.63, 3.8) is 0 Å². The quantitative estimate of drug-likeness (QED) is 0.825. The Morgan fingerprint density at radius 2 is 2.06 bits per heavy atom. The van der Waals surface area contributed by atoms with E-state index in [0.29, 0.717) is 12.2 Å². The molecule has 3 heteroatoms. The predicted octanol–water partition coefficient (Wildman–Crippen LogP) is 3.68. The zero-order valence-corrected chi connectivity index (χ0v) is 10.1. The molecule has 1 N–H and O–H groups in total. The zero-order chi connectivity index (χ0) is 12.5. The van der Waals surface area contributed by atoms with Crippen molar-refractivity contribution in [3.8, 4) is 5.75 Å². The number of rotatable bonds is 1. The molecule has 0 saturated heterocycles. The Bertz CT molecular complexity index is 582. The van der Waals surface area contributed by atoms with Crippen molar-refractivity contribution in [3.05, 3.63) is 59.4 Å². The maximum absolute atomic E-state index is 13.7. The van der Waals surface area contributed by atoms with Gasteiger partial charge in [0.15, 0.2) is 0 Å². The molecule has 92 valence electrons. The summed E-state index contributed by atoms with van der Waals surface area (Å²) in [4.78, 5) is 0. The standard InChI is InChI=1S/C15H14FNO/c1-10-6-7-15-13(8-10)17-14(9-18-15)11-4-2-3-5-12(11)16/h2-8,14,17H,9H2,1H3. The molecule has 0 radical (unpaired) electrons. The SMILES string of the molecule is Cc1ccc2c(c1)NC(c1ccccc1F)CO2. The fourth-order valence-corrected chi connectivity index (χ4v) is 2.21. The topological polar surface area (TPSA) is 21.3 Å². The first-order valence-corrected chi connectivity index (χ1v) is 5.98. The molecule has 0 saturated carbocycles. The van der Waals surface area contributed by atoms with E-state index in [1.165, 1.54) is 6.07 Å². The van der Waals surface area contributed by atoms with Crippen LogP contribution in [0.2, 0.25) is 0 Å². The minimum atomic E-state index is -0.199. The summed E-state index contributed by atoms with van der Waals surface area (Å²) in [5.41, 5.74) is 2.72. The second-order valence-corrected chi connectivity index (χ2v) is 4.53. The molecule has 0 amide bonds. The Kier molecular flexibility index (Phi) is 2.67. The molecule has 1 heterocycles. The molecule has 1 aliphatic heterocycles. The Morgan fingerprint density at radius 3 is 2.89 bits per heavy atom. The van der Waals surface area contributed by atoms with Gasteiger partial charge in [-0.25, -0.2) is 4.39 Å². The van der Waals surface area contributed by atoms with Crippen molar-refractivity contribution in [1.29, 1.82) is 0 Å². The van der Waals surface area contributed by atoms with Crippen LogP contribution in [-0.2, 0) is 0 Å². The minimum Gasteiger partial charge on any atom is -0.489 e. The van der Waals surface area contributed by atoms with E-state index in [4.69, 9.17) is 4.74 Å². The van der Waals surface area contributed by atoms with E-state index < -0.39 is 0 Å². The first-order chi connectivity index (χ1) is 8.74. The van der Waals surface area contributed by atoms with Crippen LogP contribution in [0, 0.1) is 12.7 Å². The maximum atomic E-state index is 13.7. The average molecular weight is 243 g/mol. The second-order valence-electron chi connectivity index (χ2n) is 4.53. The molecule has 0 spiro atoms. The van der Waals surface area contributed by atoms with Crippen molar-refractivity contribution >= 4 is 5.69 Å². The highest BCUT2D eigenvalue weighted by Gasteiger charge is 2.22. The molecule has 2 aromatic rings. The Balaban J connectivity index is 1.93. The average Bonchev–Trinajstić information content (AvgIpc) is 2.38. The lowest BCUT2D eigenvalue weighted by atomic mass is 10.0. The largest absolute Gasteiger partial charge is 0.489 e. The first kappa shape index (κ1) is 11.1. The molecule has 18 heavy (non-hydrogen) atoms.